The number of nitrogens with zero attached hydrogens (tertiary/aromatic N) is 1. The highest BCUT2D eigenvalue weighted by atomic mass is 16.5. The Labute approximate surface area is 107 Å². The van der Waals surface area contributed by atoms with Crippen LogP contribution < -0.4 is 10.1 Å². The van der Waals surface area contributed by atoms with Crippen LogP contribution in [0.25, 0.3) is 0 Å². The van der Waals surface area contributed by atoms with E-state index in [2.05, 4.69) is 47.3 Å². The molecule has 0 spiro atoms. The fourth-order valence-electron chi connectivity index (χ4n) is 2.48. The molecule has 0 amide bonds. The molecule has 1 aromatic carbocycles. The molecule has 0 saturated carbocycles. The van der Waals surface area contributed by atoms with Gasteiger partial charge in [0.25, 0.3) is 0 Å². The van der Waals surface area contributed by atoms with E-state index >= 15 is 0 Å². The summed E-state index contributed by atoms with van der Waals surface area (Å²) in [5.41, 5.74) is 2.59. The van der Waals surface area contributed by atoms with Crippen LogP contribution in [0.4, 0.5) is 0 Å². The minimum atomic E-state index is 0.307. The number of nitrogens with one attached hydrogen (secondary N) is 1. The molecule has 1 aliphatic heterocycles. The second kappa shape index (κ2) is 4.86. The molecule has 18 heavy (non-hydrogen) atoms. The maximum Gasteiger partial charge on any atom is 0.124 e. The van der Waals surface area contributed by atoms with Crippen LogP contribution in [0, 0.1) is 0 Å². The van der Waals surface area contributed by atoms with Gasteiger partial charge in [0.2, 0.25) is 0 Å². The number of para-hydroxylation sites is 1. The van der Waals surface area contributed by atoms with Crippen LogP contribution in [-0.2, 0) is 13.1 Å². The van der Waals surface area contributed by atoms with Crippen molar-refractivity contribution in [3.8, 4) is 5.75 Å². The maximum absolute atomic E-state index is 5.67. The first-order valence-corrected chi connectivity index (χ1v) is 6.47. The lowest BCUT2D eigenvalue weighted by Gasteiger charge is -2.13. The largest absolute Gasteiger partial charge is 0.491 e. The van der Waals surface area contributed by atoms with Crippen molar-refractivity contribution in [2.45, 2.75) is 26.1 Å². The van der Waals surface area contributed by atoms with Gasteiger partial charge in [-0.1, -0.05) is 18.2 Å². The summed E-state index contributed by atoms with van der Waals surface area (Å²) < 4.78 is 7.93. The zero-order valence-electron chi connectivity index (χ0n) is 10.6. The van der Waals surface area contributed by atoms with Crippen LogP contribution in [0.1, 0.15) is 24.2 Å². The molecule has 3 heteroatoms. The SMILES string of the molecule is CCn1cccc1CNC1COc2ccccc21. The molecule has 1 atom stereocenters. The second-order valence-electron chi connectivity index (χ2n) is 4.57. The Bertz CT molecular complexity index is 533. The molecular formula is C15H18N2O. The molecule has 1 N–H and O–H groups in total. The monoisotopic (exact) mass is 242 g/mol. The van der Waals surface area contributed by atoms with E-state index in [0.717, 1.165) is 25.4 Å². The van der Waals surface area contributed by atoms with Crippen LogP contribution in [0.5, 0.6) is 5.75 Å². The van der Waals surface area contributed by atoms with Crippen LogP contribution in [0.15, 0.2) is 42.6 Å². The minimum absolute atomic E-state index is 0.307. The molecule has 2 aromatic rings. The van der Waals surface area contributed by atoms with Crippen molar-refractivity contribution >= 4 is 0 Å². The van der Waals surface area contributed by atoms with Crippen LogP contribution in [0.3, 0.4) is 0 Å². The van der Waals surface area contributed by atoms with Gasteiger partial charge >= 0.3 is 0 Å². The average molecular weight is 242 g/mol. The van der Waals surface area contributed by atoms with Crippen molar-refractivity contribution in [2.75, 3.05) is 6.61 Å². The van der Waals surface area contributed by atoms with Crippen molar-refractivity contribution in [3.63, 3.8) is 0 Å². The zero-order chi connectivity index (χ0) is 12.4. The number of aromatic nitrogens is 1. The average Bonchev–Trinajstić information content (AvgIpc) is 3.02. The molecule has 0 radical (unpaired) electrons. The topological polar surface area (TPSA) is 26.2 Å². The summed E-state index contributed by atoms with van der Waals surface area (Å²) in [7, 11) is 0. The fraction of sp³-hybridized carbons (Fsp3) is 0.333. The van der Waals surface area contributed by atoms with E-state index in [1.165, 1.54) is 11.3 Å². The highest BCUT2D eigenvalue weighted by molar-refractivity contribution is 5.39. The van der Waals surface area contributed by atoms with E-state index in [9.17, 15) is 0 Å². The number of fused-ring (bicyclic) bond motifs is 1. The molecule has 0 aliphatic carbocycles. The molecule has 1 unspecified atom stereocenters. The van der Waals surface area contributed by atoms with E-state index in [0.29, 0.717) is 6.04 Å². The first kappa shape index (κ1) is 11.4. The highest BCUT2D eigenvalue weighted by Gasteiger charge is 2.22. The predicted octanol–water partition coefficient (Wildman–Crippen LogP) is 2.73. The molecule has 0 bridgehead atoms. The number of ether oxygens (including phenoxy) is 1. The predicted molar refractivity (Wildman–Crippen MR) is 71.6 cm³/mol. The van der Waals surface area contributed by atoms with Gasteiger partial charge in [-0.05, 0) is 25.1 Å². The lowest BCUT2D eigenvalue weighted by Crippen LogP contribution is -2.23. The third kappa shape index (κ3) is 2.02. The standard InChI is InChI=1S/C15H18N2O/c1-2-17-9-5-6-12(17)10-16-14-11-18-15-8-4-3-7-13(14)15/h3-9,14,16H,2,10-11H2,1H3. The zero-order valence-corrected chi connectivity index (χ0v) is 10.6. The van der Waals surface area contributed by atoms with E-state index in [-0.39, 0.29) is 0 Å². The Morgan fingerprint density at radius 3 is 3.06 bits per heavy atom. The van der Waals surface area contributed by atoms with Gasteiger partial charge in [-0.15, -0.1) is 0 Å². The number of benzene rings is 1. The first-order valence-electron chi connectivity index (χ1n) is 6.47. The molecule has 0 fully saturated rings. The van der Waals surface area contributed by atoms with Crippen molar-refractivity contribution < 1.29 is 4.74 Å². The number of aryl methyl sites for hydroxylation is 1. The second-order valence-corrected chi connectivity index (χ2v) is 4.57. The maximum atomic E-state index is 5.67. The molecule has 94 valence electrons. The molecule has 1 aromatic heterocycles. The van der Waals surface area contributed by atoms with Crippen molar-refractivity contribution in [1.29, 1.82) is 0 Å². The summed E-state index contributed by atoms with van der Waals surface area (Å²) in [5.74, 6) is 1.01. The summed E-state index contributed by atoms with van der Waals surface area (Å²) in [6.07, 6.45) is 2.12. The highest BCUT2D eigenvalue weighted by Crippen LogP contribution is 2.31. The third-order valence-electron chi connectivity index (χ3n) is 3.49. The summed E-state index contributed by atoms with van der Waals surface area (Å²) >= 11 is 0. The molecule has 1 aliphatic rings. The van der Waals surface area contributed by atoms with Crippen molar-refractivity contribution in [1.82, 2.24) is 9.88 Å². The number of hydrogen-bond donors (Lipinski definition) is 1. The first-order chi connectivity index (χ1) is 8.88. The molecule has 0 saturated heterocycles. The van der Waals surface area contributed by atoms with Gasteiger partial charge < -0.3 is 14.6 Å². The van der Waals surface area contributed by atoms with Crippen LogP contribution in [0.2, 0.25) is 0 Å². The lowest BCUT2D eigenvalue weighted by molar-refractivity contribution is 0.309. The normalized spacial score (nSPS) is 17.5. The Morgan fingerprint density at radius 1 is 1.28 bits per heavy atom. The van der Waals surface area contributed by atoms with Gasteiger partial charge in [0.15, 0.2) is 0 Å². The number of rotatable bonds is 4. The summed E-state index contributed by atoms with van der Waals surface area (Å²) in [4.78, 5) is 0. The summed E-state index contributed by atoms with van der Waals surface area (Å²) in [6.45, 7) is 4.79. The van der Waals surface area contributed by atoms with E-state index in [1.807, 2.05) is 12.1 Å². The smallest absolute Gasteiger partial charge is 0.124 e. The quantitative estimate of drug-likeness (QED) is 0.892. The van der Waals surface area contributed by atoms with E-state index in [4.69, 9.17) is 4.74 Å². The molecular weight excluding hydrogens is 224 g/mol. The Kier molecular flexibility index (Phi) is 3.07. The van der Waals surface area contributed by atoms with Gasteiger partial charge in [-0.3, -0.25) is 0 Å². The lowest BCUT2D eigenvalue weighted by atomic mass is 10.1. The van der Waals surface area contributed by atoms with Gasteiger partial charge in [-0.2, -0.15) is 0 Å². The van der Waals surface area contributed by atoms with E-state index < -0.39 is 0 Å². The van der Waals surface area contributed by atoms with Gasteiger partial charge in [0, 0.05) is 30.5 Å². The molecule has 3 nitrogen and oxygen atoms in total. The summed E-state index contributed by atoms with van der Waals surface area (Å²) in [6, 6.07) is 12.8. The van der Waals surface area contributed by atoms with Crippen molar-refractivity contribution in [3.05, 3.63) is 53.9 Å². The Balaban J connectivity index is 1.69. The van der Waals surface area contributed by atoms with E-state index in [1.54, 1.807) is 0 Å². The minimum Gasteiger partial charge on any atom is -0.491 e. The van der Waals surface area contributed by atoms with Crippen LogP contribution in [-0.4, -0.2) is 11.2 Å². The van der Waals surface area contributed by atoms with Gasteiger partial charge in [0.05, 0.1) is 6.04 Å². The van der Waals surface area contributed by atoms with Gasteiger partial charge in [-0.25, -0.2) is 0 Å². The van der Waals surface area contributed by atoms with Crippen LogP contribution >= 0.6 is 0 Å². The third-order valence-corrected chi connectivity index (χ3v) is 3.49. The molecule has 3 rings (SSSR count). The molecule has 2 heterocycles. The fourth-order valence-corrected chi connectivity index (χ4v) is 2.48. The Hall–Kier alpha value is -1.74. The van der Waals surface area contributed by atoms with Gasteiger partial charge in [0.1, 0.15) is 12.4 Å². The number of hydrogen-bond acceptors (Lipinski definition) is 2. The Morgan fingerprint density at radius 2 is 2.17 bits per heavy atom. The summed E-state index contributed by atoms with van der Waals surface area (Å²) in [5, 5.41) is 3.57. The van der Waals surface area contributed by atoms with Crippen molar-refractivity contribution in [2.24, 2.45) is 0 Å².